The molecule has 1 heterocycles. The van der Waals surface area contributed by atoms with Gasteiger partial charge in [-0.1, -0.05) is 18.2 Å². The van der Waals surface area contributed by atoms with E-state index in [1.54, 1.807) is 18.2 Å². The van der Waals surface area contributed by atoms with E-state index in [4.69, 9.17) is 9.47 Å². The summed E-state index contributed by atoms with van der Waals surface area (Å²) in [5, 5.41) is 10.4. The fourth-order valence-electron chi connectivity index (χ4n) is 2.99. The normalized spacial score (nSPS) is 19.6. The van der Waals surface area contributed by atoms with Crippen molar-refractivity contribution in [3.8, 4) is 5.75 Å². The lowest BCUT2D eigenvalue weighted by Gasteiger charge is -2.34. The number of nitrogens with zero attached hydrogens (tertiary/aromatic N) is 1. The van der Waals surface area contributed by atoms with Gasteiger partial charge in [-0.25, -0.2) is 8.78 Å². The molecule has 4 nitrogen and oxygen atoms in total. The van der Waals surface area contributed by atoms with Crippen molar-refractivity contribution in [3.63, 3.8) is 0 Å². The molecule has 0 saturated carbocycles. The maximum Gasteiger partial charge on any atom is 0.165 e. The van der Waals surface area contributed by atoms with E-state index in [2.05, 4.69) is 4.90 Å². The average molecular weight is 349 g/mol. The number of benzene rings is 2. The topological polar surface area (TPSA) is 41.9 Å². The molecule has 0 aliphatic carbocycles. The van der Waals surface area contributed by atoms with Gasteiger partial charge in [0.15, 0.2) is 11.6 Å². The molecule has 2 aromatic rings. The molecule has 25 heavy (non-hydrogen) atoms. The number of β-amino-alcohol motifs (C(OH)–C–C–N with tert-alkyl or cyclic N) is 1. The second-order valence-corrected chi connectivity index (χ2v) is 6.08. The summed E-state index contributed by atoms with van der Waals surface area (Å²) in [7, 11) is 1.40. The first-order valence-corrected chi connectivity index (χ1v) is 8.17. The molecule has 0 amide bonds. The molecule has 2 atom stereocenters. The van der Waals surface area contributed by atoms with Gasteiger partial charge in [0.2, 0.25) is 0 Å². The zero-order valence-electron chi connectivity index (χ0n) is 14.0. The summed E-state index contributed by atoms with van der Waals surface area (Å²) >= 11 is 0. The molecular formula is C19H21F2NO3. The molecule has 6 heteroatoms. The predicted octanol–water partition coefficient (Wildman–Crippen LogP) is 3.08. The third-order valence-electron chi connectivity index (χ3n) is 4.38. The van der Waals surface area contributed by atoms with E-state index in [-0.39, 0.29) is 17.7 Å². The Kier molecular flexibility index (Phi) is 5.63. The van der Waals surface area contributed by atoms with E-state index in [0.717, 1.165) is 5.56 Å². The van der Waals surface area contributed by atoms with Gasteiger partial charge >= 0.3 is 0 Å². The lowest BCUT2D eigenvalue weighted by Crippen LogP contribution is -2.40. The minimum Gasteiger partial charge on any atom is -0.494 e. The number of morpholine rings is 1. The van der Waals surface area contributed by atoms with Gasteiger partial charge in [-0.05, 0) is 35.4 Å². The van der Waals surface area contributed by atoms with Crippen LogP contribution in [0.5, 0.6) is 5.75 Å². The molecule has 0 radical (unpaired) electrons. The Hall–Kier alpha value is -2.02. The molecule has 1 saturated heterocycles. The Morgan fingerprint density at radius 2 is 2.00 bits per heavy atom. The monoisotopic (exact) mass is 349 g/mol. The molecule has 2 aromatic carbocycles. The van der Waals surface area contributed by atoms with Gasteiger partial charge in [0.1, 0.15) is 5.82 Å². The van der Waals surface area contributed by atoms with Crippen molar-refractivity contribution in [1.82, 2.24) is 4.90 Å². The number of hydrogen-bond donors (Lipinski definition) is 1. The first kappa shape index (κ1) is 17.8. The average Bonchev–Trinajstić information content (AvgIpc) is 2.62. The Morgan fingerprint density at radius 1 is 1.24 bits per heavy atom. The van der Waals surface area contributed by atoms with Crippen LogP contribution in [-0.4, -0.2) is 43.4 Å². The third-order valence-corrected chi connectivity index (χ3v) is 4.38. The molecule has 134 valence electrons. The molecule has 1 aliphatic heterocycles. The molecule has 1 N–H and O–H groups in total. The Balaban J connectivity index is 1.63. The number of ether oxygens (including phenoxy) is 2. The van der Waals surface area contributed by atoms with Crippen LogP contribution in [0, 0.1) is 11.6 Å². The van der Waals surface area contributed by atoms with Crippen molar-refractivity contribution in [1.29, 1.82) is 0 Å². The van der Waals surface area contributed by atoms with Crippen LogP contribution in [0.4, 0.5) is 8.78 Å². The van der Waals surface area contributed by atoms with Gasteiger partial charge in [-0.2, -0.15) is 0 Å². The SMILES string of the molecule is COc1ccc(C(O)CN2CCOC(c3ccc(F)cc3)C2)cc1F. The number of aliphatic hydroxyl groups excluding tert-OH is 1. The van der Waals surface area contributed by atoms with Crippen LogP contribution in [0.2, 0.25) is 0 Å². The van der Waals surface area contributed by atoms with Gasteiger partial charge in [0, 0.05) is 19.6 Å². The fourth-order valence-corrected chi connectivity index (χ4v) is 2.99. The summed E-state index contributed by atoms with van der Waals surface area (Å²) in [5.41, 5.74) is 1.40. The highest BCUT2D eigenvalue weighted by Crippen LogP contribution is 2.26. The van der Waals surface area contributed by atoms with Crippen molar-refractivity contribution < 1.29 is 23.4 Å². The zero-order chi connectivity index (χ0) is 17.8. The van der Waals surface area contributed by atoms with Gasteiger partial charge in [0.05, 0.1) is 25.9 Å². The second kappa shape index (κ2) is 7.91. The van der Waals surface area contributed by atoms with Crippen LogP contribution in [0.15, 0.2) is 42.5 Å². The van der Waals surface area contributed by atoms with Crippen LogP contribution in [0.3, 0.4) is 0 Å². The summed E-state index contributed by atoms with van der Waals surface area (Å²) < 4.78 is 37.5. The van der Waals surface area contributed by atoms with E-state index in [0.29, 0.717) is 31.8 Å². The number of methoxy groups -OCH3 is 1. The molecule has 0 aromatic heterocycles. The smallest absolute Gasteiger partial charge is 0.165 e. The van der Waals surface area contributed by atoms with E-state index in [1.165, 1.54) is 31.4 Å². The zero-order valence-corrected chi connectivity index (χ0v) is 14.0. The van der Waals surface area contributed by atoms with Crippen molar-refractivity contribution in [3.05, 3.63) is 65.2 Å². The van der Waals surface area contributed by atoms with E-state index < -0.39 is 11.9 Å². The standard InChI is InChI=1S/C19H21F2NO3/c1-24-18-7-4-14(10-16(18)21)17(23)11-22-8-9-25-19(12-22)13-2-5-15(20)6-3-13/h2-7,10,17,19,23H,8-9,11-12H2,1H3. The largest absolute Gasteiger partial charge is 0.494 e. The maximum atomic E-state index is 13.8. The molecule has 0 spiro atoms. The lowest BCUT2D eigenvalue weighted by molar-refractivity contribution is -0.0424. The minimum atomic E-state index is -0.813. The van der Waals surface area contributed by atoms with Crippen molar-refractivity contribution >= 4 is 0 Å². The highest BCUT2D eigenvalue weighted by Gasteiger charge is 2.24. The predicted molar refractivity (Wildman–Crippen MR) is 89.4 cm³/mol. The molecule has 1 fully saturated rings. The number of rotatable bonds is 5. The summed E-state index contributed by atoms with van der Waals surface area (Å²) in [5.74, 6) is -0.628. The Labute approximate surface area is 145 Å². The van der Waals surface area contributed by atoms with Crippen LogP contribution in [0.1, 0.15) is 23.3 Å². The van der Waals surface area contributed by atoms with Crippen LogP contribution < -0.4 is 4.74 Å². The molecule has 1 aliphatic rings. The molecule has 3 rings (SSSR count). The second-order valence-electron chi connectivity index (χ2n) is 6.08. The van der Waals surface area contributed by atoms with E-state index in [9.17, 15) is 13.9 Å². The van der Waals surface area contributed by atoms with Crippen molar-refractivity contribution in [2.45, 2.75) is 12.2 Å². The molecular weight excluding hydrogens is 328 g/mol. The van der Waals surface area contributed by atoms with Gasteiger partial charge in [-0.3, -0.25) is 4.90 Å². The van der Waals surface area contributed by atoms with Gasteiger partial charge < -0.3 is 14.6 Å². The molecule has 2 unspecified atom stereocenters. The number of halogens is 2. The first-order chi connectivity index (χ1) is 12.1. The van der Waals surface area contributed by atoms with Crippen molar-refractivity contribution in [2.24, 2.45) is 0 Å². The summed E-state index contributed by atoms with van der Waals surface area (Å²) in [4.78, 5) is 2.06. The van der Waals surface area contributed by atoms with Gasteiger partial charge in [0.25, 0.3) is 0 Å². The Morgan fingerprint density at radius 3 is 2.68 bits per heavy atom. The first-order valence-electron chi connectivity index (χ1n) is 8.17. The van der Waals surface area contributed by atoms with Crippen LogP contribution in [0.25, 0.3) is 0 Å². The summed E-state index contributed by atoms with van der Waals surface area (Å²) in [6.45, 7) is 2.15. The highest BCUT2D eigenvalue weighted by molar-refractivity contribution is 5.30. The number of aliphatic hydroxyl groups is 1. The molecule has 0 bridgehead atoms. The summed E-state index contributed by atoms with van der Waals surface area (Å²) in [6, 6.07) is 10.7. The van der Waals surface area contributed by atoms with Crippen LogP contribution in [-0.2, 0) is 4.74 Å². The third kappa shape index (κ3) is 4.34. The van der Waals surface area contributed by atoms with E-state index >= 15 is 0 Å². The highest BCUT2D eigenvalue weighted by atomic mass is 19.1. The minimum absolute atomic E-state index is 0.152. The van der Waals surface area contributed by atoms with Gasteiger partial charge in [-0.15, -0.1) is 0 Å². The maximum absolute atomic E-state index is 13.8. The lowest BCUT2D eigenvalue weighted by atomic mass is 10.1. The van der Waals surface area contributed by atoms with Crippen molar-refractivity contribution in [2.75, 3.05) is 33.4 Å². The Bertz CT molecular complexity index is 708. The number of hydrogen-bond acceptors (Lipinski definition) is 4. The van der Waals surface area contributed by atoms with Crippen LogP contribution >= 0.6 is 0 Å². The fraction of sp³-hybridized carbons (Fsp3) is 0.368. The van der Waals surface area contributed by atoms with E-state index in [1.807, 2.05) is 0 Å². The summed E-state index contributed by atoms with van der Waals surface area (Å²) in [6.07, 6.45) is -0.985. The quantitative estimate of drug-likeness (QED) is 0.901.